The van der Waals surface area contributed by atoms with E-state index in [0.29, 0.717) is 13.2 Å². The van der Waals surface area contributed by atoms with Gasteiger partial charge in [0.25, 0.3) is 0 Å². The standard InChI is InChI=1S/C20H22O4/c1-11-5-15(6-12(2)19(11)23-17-9-21-17)16-7-13(3)20(14(4)8-16)24-18-10-22-18/h5-8,17-18H,9-10H2,1-4H3. The van der Waals surface area contributed by atoms with E-state index in [9.17, 15) is 0 Å². The van der Waals surface area contributed by atoms with Crippen molar-refractivity contribution in [3.8, 4) is 22.6 Å². The molecule has 2 fully saturated rings. The van der Waals surface area contributed by atoms with Gasteiger partial charge in [0.05, 0.1) is 0 Å². The molecular weight excluding hydrogens is 304 g/mol. The van der Waals surface area contributed by atoms with Gasteiger partial charge in [-0.3, -0.25) is 0 Å². The number of benzene rings is 2. The minimum absolute atomic E-state index is 0.0705. The van der Waals surface area contributed by atoms with Gasteiger partial charge >= 0.3 is 0 Å². The fraction of sp³-hybridized carbons (Fsp3) is 0.400. The summed E-state index contributed by atoms with van der Waals surface area (Å²) in [6, 6.07) is 8.68. The highest BCUT2D eigenvalue weighted by Crippen LogP contribution is 2.36. The molecule has 2 aromatic rings. The van der Waals surface area contributed by atoms with Crippen LogP contribution >= 0.6 is 0 Å². The highest BCUT2D eigenvalue weighted by Gasteiger charge is 2.27. The Balaban J connectivity index is 1.67. The summed E-state index contributed by atoms with van der Waals surface area (Å²) in [5, 5.41) is 0. The molecule has 4 heteroatoms. The molecular formula is C20H22O4. The van der Waals surface area contributed by atoms with Crippen LogP contribution < -0.4 is 9.47 Å². The lowest BCUT2D eigenvalue weighted by molar-refractivity contribution is 0.177. The predicted molar refractivity (Wildman–Crippen MR) is 91.6 cm³/mol. The number of epoxide rings is 2. The highest BCUT2D eigenvalue weighted by molar-refractivity contribution is 5.70. The maximum absolute atomic E-state index is 5.84. The molecule has 126 valence electrons. The maximum atomic E-state index is 5.84. The van der Waals surface area contributed by atoms with Gasteiger partial charge in [-0.15, -0.1) is 0 Å². The fourth-order valence-corrected chi connectivity index (χ4v) is 3.08. The molecule has 2 aliphatic heterocycles. The average Bonchev–Trinajstić information content (AvgIpc) is 3.42. The lowest BCUT2D eigenvalue weighted by Gasteiger charge is -2.15. The molecule has 0 N–H and O–H groups in total. The van der Waals surface area contributed by atoms with Crippen molar-refractivity contribution in [2.45, 2.75) is 40.3 Å². The molecule has 4 rings (SSSR count). The maximum Gasteiger partial charge on any atom is 0.223 e. The molecule has 0 amide bonds. The molecule has 0 saturated carbocycles. The van der Waals surface area contributed by atoms with Gasteiger partial charge in [0, 0.05) is 0 Å². The number of aryl methyl sites for hydroxylation is 4. The first-order valence-electron chi connectivity index (χ1n) is 8.30. The Morgan fingerprint density at radius 3 is 1.21 bits per heavy atom. The van der Waals surface area contributed by atoms with Crippen LogP contribution in [0.2, 0.25) is 0 Å². The summed E-state index contributed by atoms with van der Waals surface area (Å²) < 4.78 is 22.0. The smallest absolute Gasteiger partial charge is 0.223 e. The molecule has 0 aliphatic carbocycles. The van der Waals surface area contributed by atoms with Crippen LogP contribution in [0.5, 0.6) is 11.5 Å². The van der Waals surface area contributed by atoms with Gasteiger partial charge in [-0.05, 0) is 85.3 Å². The van der Waals surface area contributed by atoms with Crippen molar-refractivity contribution in [2.24, 2.45) is 0 Å². The van der Waals surface area contributed by atoms with E-state index in [1.165, 1.54) is 11.1 Å². The summed E-state index contributed by atoms with van der Waals surface area (Å²) in [7, 11) is 0. The monoisotopic (exact) mass is 326 g/mol. The number of rotatable bonds is 5. The van der Waals surface area contributed by atoms with Gasteiger partial charge in [0.15, 0.2) is 0 Å². The third-order valence-corrected chi connectivity index (χ3v) is 4.36. The molecule has 0 aromatic heterocycles. The van der Waals surface area contributed by atoms with Crippen molar-refractivity contribution in [1.82, 2.24) is 0 Å². The Hall–Kier alpha value is -2.04. The SMILES string of the molecule is Cc1cc(-c2cc(C)c(OC3CO3)c(C)c2)cc(C)c1OC1CO1. The molecule has 0 radical (unpaired) electrons. The summed E-state index contributed by atoms with van der Waals surface area (Å²) in [6.07, 6.45) is -0.141. The van der Waals surface area contributed by atoms with Crippen molar-refractivity contribution < 1.29 is 18.9 Å². The Morgan fingerprint density at radius 1 is 0.667 bits per heavy atom. The second-order valence-electron chi connectivity index (χ2n) is 6.64. The van der Waals surface area contributed by atoms with E-state index in [2.05, 4.69) is 52.0 Å². The van der Waals surface area contributed by atoms with Crippen LogP contribution in [0.4, 0.5) is 0 Å². The minimum Gasteiger partial charge on any atom is -0.462 e. The molecule has 2 aromatic carbocycles. The largest absolute Gasteiger partial charge is 0.462 e. The van der Waals surface area contributed by atoms with Crippen LogP contribution in [0.1, 0.15) is 22.3 Å². The third kappa shape index (κ3) is 3.12. The van der Waals surface area contributed by atoms with Crippen LogP contribution in [-0.4, -0.2) is 25.8 Å². The summed E-state index contributed by atoms with van der Waals surface area (Å²) in [4.78, 5) is 0. The molecule has 4 nitrogen and oxygen atoms in total. The van der Waals surface area contributed by atoms with Crippen LogP contribution in [0.15, 0.2) is 24.3 Å². The molecule has 2 aliphatic rings. The second-order valence-corrected chi connectivity index (χ2v) is 6.64. The highest BCUT2D eigenvalue weighted by atomic mass is 16.8. The van der Waals surface area contributed by atoms with Crippen LogP contribution in [0, 0.1) is 27.7 Å². The zero-order valence-electron chi connectivity index (χ0n) is 14.5. The van der Waals surface area contributed by atoms with Gasteiger partial charge in [-0.2, -0.15) is 0 Å². The first-order chi connectivity index (χ1) is 11.5. The Morgan fingerprint density at radius 2 is 0.958 bits per heavy atom. The predicted octanol–water partition coefficient (Wildman–Crippen LogP) is 4.06. The Kier molecular flexibility index (Phi) is 3.74. The Labute approximate surface area is 142 Å². The van der Waals surface area contributed by atoms with E-state index in [1.807, 2.05) is 0 Å². The van der Waals surface area contributed by atoms with Crippen LogP contribution in [-0.2, 0) is 9.47 Å². The molecule has 2 atom stereocenters. The van der Waals surface area contributed by atoms with Crippen LogP contribution in [0.3, 0.4) is 0 Å². The van der Waals surface area contributed by atoms with Gasteiger partial charge < -0.3 is 18.9 Å². The third-order valence-electron chi connectivity index (χ3n) is 4.36. The van der Waals surface area contributed by atoms with Gasteiger partial charge in [0.1, 0.15) is 24.7 Å². The zero-order valence-corrected chi connectivity index (χ0v) is 14.5. The van der Waals surface area contributed by atoms with E-state index in [0.717, 1.165) is 33.8 Å². The fourth-order valence-electron chi connectivity index (χ4n) is 3.08. The average molecular weight is 326 g/mol. The second kappa shape index (κ2) is 5.80. The normalized spacial score (nSPS) is 21.5. The van der Waals surface area contributed by atoms with Gasteiger partial charge in [-0.1, -0.05) is 0 Å². The van der Waals surface area contributed by atoms with Crippen molar-refractivity contribution in [3.05, 3.63) is 46.5 Å². The van der Waals surface area contributed by atoms with Gasteiger partial charge in [-0.25, -0.2) is 0 Å². The van der Waals surface area contributed by atoms with Crippen molar-refractivity contribution in [1.29, 1.82) is 0 Å². The van der Waals surface area contributed by atoms with E-state index in [-0.39, 0.29) is 12.6 Å². The van der Waals surface area contributed by atoms with E-state index in [4.69, 9.17) is 18.9 Å². The summed E-state index contributed by atoms with van der Waals surface area (Å²) >= 11 is 0. The Bertz CT molecular complexity index is 675. The van der Waals surface area contributed by atoms with E-state index >= 15 is 0 Å². The van der Waals surface area contributed by atoms with Crippen molar-refractivity contribution in [2.75, 3.05) is 13.2 Å². The van der Waals surface area contributed by atoms with Gasteiger partial charge in [0.2, 0.25) is 12.6 Å². The van der Waals surface area contributed by atoms with Crippen molar-refractivity contribution >= 4 is 0 Å². The quantitative estimate of drug-likeness (QED) is 0.777. The molecule has 0 bridgehead atoms. The summed E-state index contributed by atoms with van der Waals surface area (Å²) in [5.74, 6) is 1.86. The molecule has 2 heterocycles. The first kappa shape index (κ1) is 15.5. The molecule has 24 heavy (non-hydrogen) atoms. The van der Waals surface area contributed by atoms with Crippen molar-refractivity contribution in [3.63, 3.8) is 0 Å². The van der Waals surface area contributed by atoms with Crippen LogP contribution in [0.25, 0.3) is 11.1 Å². The lowest BCUT2D eigenvalue weighted by atomic mass is 9.96. The minimum atomic E-state index is -0.0705. The number of hydrogen-bond donors (Lipinski definition) is 0. The summed E-state index contributed by atoms with van der Waals surface area (Å²) in [6.45, 7) is 9.69. The number of hydrogen-bond acceptors (Lipinski definition) is 4. The number of ether oxygens (including phenoxy) is 4. The zero-order chi connectivity index (χ0) is 16.8. The molecule has 2 unspecified atom stereocenters. The summed E-state index contributed by atoms with van der Waals surface area (Å²) in [5.41, 5.74) is 6.89. The van der Waals surface area contributed by atoms with E-state index in [1.54, 1.807) is 0 Å². The lowest BCUT2D eigenvalue weighted by Crippen LogP contribution is -2.03. The topological polar surface area (TPSA) is 43.5 Å². The molecule has 2 saturated heterocycles. The van der Waals surface area contributed by atoms with E-state index < -0.39 is 0 Å². The molecule has 0 spiro atoms. The first-order valence-corrected chi connectivity index (χ1v) is 8.30.